The molecule has 12 heteroatoms. The first kappa shape index (κ1) is 37.0. The normalized spacial score (nSPS) is 18.4. The van der Waals surface area contributed by atoms with Crippen LogP contribution in [0.3, 0.4) is 0 Å². The number of nitrogens with zero attached hydrogens (tertiary/aromatic N) is 1. The molecule has 256 valence electrons. The molecular weight excluding hydrogens is 594 g/mol. The zero-order valence-electron chi connectivity index (χ0n) is 28.1. The molecule has 1 aromatic rings. The van der Waals surface area contributed by atoms with Crippen LogP contribution in [-0.2, 0) is 49.3 Å². The summed E-state index contributed by atoms with van der Waals surface area (Å²) in [6.07, 6.45) is 3.32. The van der Waals surface area contributed by atoms with Crippen molar-refractivity contribution in [2.45, 2.75) is 104 Å². The Morgan fingerprint density at radius 3 is 2.41 bits per heavy atom. The third kappa shape index (κ3) is 10.8. The van der Waals surface area contributed by atoms with Gasteiger partial charge in [0.2, 0.25) is 17.7 Å². The van der Waals surface area contributed by atoms with Crippen molar-refractivity contribution in [3.05, 3.63) is 29.8 Å². The van der Waals surface area contributed by atoms with E-state index in [-0.39, 0.29) is 50.6 Å². The van der Waals surface area contributed by atoms with Crippen LogP contribution >= 0.6 is 0 Å². The number of ether oxygens (including phenoxy) is 4. The third-order valence-electron chi connectivity index (χ3n) is 8.17. The van der Waals surface area contributed by atoms with Crippen molar-refractivity contribution in [3.63, 3.8) is 0 Å². The lowest BCUT2D eigenvalue weighted by Crippen LogP contribution is -2.53. The number of nitrogens with one attached hydrogen (secondary N) is 2. The van der Waals surface area contributed by atoms with E-state index in [1.165, 1.54) is 12.0 Å². The number of carbonyl (C=O) groups excluding carboxylic acids is 5. The summed E-state index contributed by atoms with van der Waals surface area (Å²) in [4.78, 5) is 68.5. The second-order valence-electron chi connectivity index (χ2n) is 13.5. The Morgan fingerprint density at radius 1 is 1.07 bits per heavy atom. The highest BCUT2D eigenvalue weighted by Crippen LogP contribution is 2.44. The molecule has 2 N–H and O–H groups in total. The molecule has 1 heterocycles. The molecule has 0 bridgehead atoms. The van der Waals surface area contributed by atoms with E-state index in [2.05, 4.69) is 10.6 Å². The van der Waals surface area contributed by atoms with Crippen molar-refractivity contribution in [3.8, 4) is 0 Å². The van der Waals surface area contributed by atoms with Gasteiger partial charge in [-0.2, -0.15) is 0 Å². The van der Waals surface area contributed by atoms with Gasteiger partial charge in [0.25, 0.3) is 0 Å². The number of aryl methyl sites for hydroxylation is 1. The maximum Gasteiger partial charge on any atom is 0.326 e. The van der Waals surface area contributed by atoms with Crippen LogP contribution in [0.5, 0.6) is 0 Å². The van der Waals surface area contributed by atoms with Gasteiger partial charge in [-0.15, -0.1) is 0 Å². The fraction of sp³-hybridized carbons (Fsp3) is 0.676. The summed E-state index contributed by atoms with van der Waals surface area (Å²) in [5.41, 5.74) is -0.210. The van der Waals surface area contributed by atoms with Gasteiger partial charge in [0, 0.05) is 25.3 Å². The zero-order valence-corrected chi connectivity index (χ0v) is 28.1. The van der Waals surface area contributed by atoms with E-state index in [0.29, 0.717) is 38.0 Å². The second-order valence-corrected chi connectivity index (χ2v) is 13.5. The highest BCUT2D eigenvalue weighted by molar-refractivity contribution is 6.03. The Bertz CT molecular complexity index is 1220. The number of hydrogen-bond acceptors (Lipinski definition) is 9. The number of hydrogen-bond donors (Lipinski definition) is 2. The minimum atomic E-state index is -0.978. The Hall–Kier alpha value is -3.51. The zero-order chi connectivity index (χ0) is 33.9. The van der Waals surface area contributed by atoms with E-state index < -0.39 is 40.8 Å². The molecule has 0 radical (unpaired) electrons. The van der Waals surface area contributed by atoms with Crippen LogP contribution in [0.4, 0.5) is 5.69 Å². The van der Waals surface area contributed by atoms with Gasteiger partial charge in [0.1, 0.15) is 18.2 Å². The number of para-hydroxylation sites is 1. The number of anilines is 1. The van der Waals surface area contributed by atoms with Crippen molar-refractivity contribution in [2.24, 2.45) is 11.3 Å². The summed E-state index contributed by atoms with van der Waals surface area (Å²) in [5, 5.41) is 5.82. The largest absolute Gasteiger partial charge is 0.459 e. The van der Waals surface area contributed by atoms with Crippen LogP contribution in [0.2, 0.25) is 0 Å². The molecule has 1 aliphatic carbocycles. The number of carbonyl (C=O) groups is 5. The van der Waals surface area contributed by atoms with Gasteiger partial charge in [-0.25, -0.2) is 0 Å². The Labute approximate surface area is 272 Å². The average molecular weight is 646 g/mol. The number of fused-ring (bicyclic) bond motifs is 1. The van der Waals surface area contributed by atoms with Crippen LogP contribution < -0.4 is 15.5 Å². The second kappa shape index (κ2) is 16.9. The molecule has 12 nitrogen and oxygen atoms in total. The molecule has 0 saturated heterocycles. The first-order valence-electron chi connectivity index (χ1n) is 16.2. The minimum absolute atomic E-state index is 0.0873. The van der Waals surface area contributed by atoms with Crippen molar-refractivity contribution in [1.82, 2.24) is 10.6 Å². The van der Waals surface area contributed by atoms with Gasteiger partial charge in [-0.05, 0) is 78.4 Å². The molecule has 1 fully saturated rings. The molecule has 1 aromatic carbocycles. The average Bonchev–Trinajstić information content (AvgIpc) is 3.41. The molecule has 3 amide bonds. The minimum Gasteiger partial charge on any atom is -0.459 e. The lowest BCUT2D eigenvalue weighted by atomic mass is 9.75. The smallest absolute Gasteiger partial charge is 0.326 e. The van der Waals surface area contributed by atoms with Crippen molar-refractivity contribution in [1.29, 1.82) is 0 Å². The maximum absolute atomic E-state index is 14.2. The fourth-order valence-corrected chi connectivity index (χ4v) is 6.14. The van der Waals surface area contributed by atoms with Crippen LogP contribution in [0.25, 0.3) is 0 Å². The van der Waals surface area contributed by atoms with Gasteiger partial charge < -0.3 is 29.6 Å². The molecule has 2 atom stereocenters. The highest BCUT2D eigenvalue weighted by atomic mass is 16.7. The first-order chi connectivity index (χ1) is 21.7. The van der Waals surface area contributed by atoms with Crippen LogP contribution in [0.1, 0.15) is 85.1 Å². The summed E-state index contributed by atoms with van der Waals surface area (Å²) >= 11 is 0. The van der Waals surface area contributed by atoms with E-state index >= 15 is 0 Å². The lowest BCUT2D eigenvalue weighted by molar-refractivity contribution is -0.165. The number of amides is 3. The molecular formula is C34H51N3O9. The summed E-state index contributed by atoms with van der Waals surface area (Å²) in [6, 6.07) is 6.35. The van der Waals surface area contributed by atoms with Gasteiger partial charge in [-0.1, -0.05) is 31.0 Å². The van der Waals surface area contributed by atoms with Gasteiger partial charge in [0.15, 0.2) is 6.79 Å². The summed E-state index contributed by atoms with van der Waals surface area (Å²) in [5.74, 6) is -3.14. The van der Waals surface area contributed by atoms with E-state index in [1.54, 1.807) is 32.9 Å². The van der Waals surface area contributed by atoms with Crippen molar-refractivity contribution < 1.29 is 42.9 Å². The molecule has 0 aromatic heterocycles. The Morgan fingerprint density at radius 2 is 1.76 bits per heavy atom. The number of methoxy groups -OCH3 is 1. The summed E-state index contributed by atoms with van der Waals surface area (Å²) in [7, 11) is 1.53. The molecule has 2 aliphatic rings. The number of rotatable bonds is 15. The van der Waals surface area contributed by atoms with Crippen LogP contribution in [-0.4, -0.2) is 81.0 Å². The summed E-state index contributed by atoms with van der Waals surface area (Å²) < 4.78 is 21.1. The van der Waals surface area contributed by atoms with Gasteiger partial charge in [0.05, 0.1) is 24.5 Å². The Balaban J connectivity index is 1.81. The summed E-state index contributed by atoms with van der Waals surface area (Å²) in [6.45, 7) is 8.92. The molecule has 3 rings (SSSR count). The predicted molar refractivity (Wildman–Crippen MR) is 171 cm³/mol. The standard InChI is InChI=1S/C34H51N3O9/c1-23(2)35-28(38)19-25(31(41)45-22-44-18-17-43-6)20-34(15-9-10-16-34)32(42)36-26-14-13-24-11-7-8-12-27(24)37(30(26)40)21-29(39)46-33(3,4)5/h7-8,11-12,23,25-26H,9-10,13-22H2,1-6H3,(H,35,38)(H,36,42). The lowest BCUT2D eigenvalue weighted by Gasteiger charge is -2.33. The first-order valence-corrected chi connectivity index (χ1v) is 16.2. The number of benzene rings is 1. The van der Waals surface area contributed by atoms with Crippen LogP contribution in [0, 0.1) is 11.3 Å². The molecule has 1 saturated carbocycles. The number of esters is 2. The Kier molecular flexibility index (Phi) is 13.6. The van der Waals surface area contributed by atoms with Crippen molar-refractivity contribution in [2.75, 3.05) is 38.6 Å². The van der Waals surface area contributed by atoms with E-state index in [1.807, 2.05) is 26.0 Å². The van der Waals surface area contributed by atoms with E-state index in [4.69, 9.17) is 18.9 Å². The molecule has 46 heavy (non-hydrogen) atoms. The van der Waals surface area contributed by atoms with Gasteiger partial charge in [-0.3, -0.25) is 28.9 Å². The van der Waals surface area contributed by atoms with E-state index in [0.717, 1.165) is 18.4 Å². The van der Waals surface area contributed by atoms with Crippen molar-refractivity contribution >= 4 is 35.3 Å². The topological polar surface area (TPSA) is 150 Å². The highest BCUT2D eigenvalue weighted by Gasteiger charge is 2.46. The molecule has 1 aliphatic heterocycles. The van der Waals surface area contributed by atoms with Crippen LogP contribution in [0.15, 0.2) is 24.3 Å². The monoisotopic (exact) mass is 645 g/mol. The molecule has 0 spiro atoms. The quantitative estimate of drug-likeness (QED) is 0.166. The predicted octanol–water partition coefficient (Wildman–Crippen LogP) is 3.44. The third-order valence-corrected chi connectivity index (χ3v) is 8.17. The van der Waals surface area contributed by atoms with E-state index in [9.17, 15) is 24.0 Å². The van der Waals surface area contributed by atoms with Gasteiger partial charge >= 0.3 is 11.9 Å². The SMILES string of the molecule is COCCOCOC(=O)C(CC(=O)NC(C)C)CC1(C(=O)NC2CCc3ccccc3N(CC(=O)OC(C)(C)C)C2=O)CCCC1. The fourth-order valence-electron chi connectivity index (χ4n) is 6.14. The maximum atomic E-state index is 14.2. The molecule has 2 unspecified atom stereocenters.